The van der Waals surface area contributed by atoms with Crippen LogP contribution in [0.4, 0.5) is 5.69 Å². The molecule has 1 N–H and O–H groups in total. The molecule has 5 nitrogen and oxygen atoms in total. The van der Waals surface area contributed by atoms with Crippen molar-refractivity contribution in [2.45, 2.75) is 19.9 Å². The Morgan fingerprint density at radius 2 is 1.85 bits per heavy atom. The zero-order valence-electron chi connectivity index (χ0n) is 15.1. The monoisotopic (exact) mass is 360 g/mol. The number of benzene rings is 2. The van der Waals surface area contributed by atoms with Gasteiger partial charge in [-0.3, -0.25) is 9.59 Å². The molecule has 5 heteroatoms. The Morgan fingerprint density at radius 1 is 1.04 bits per heavy atom. The standard InChI is InChI=1S/C22H20N2O3/c1-15(25)23-19-9-5-8-17(12-19)21-13-18-14-24(11-10-20(18)27-21)22(26)16-6-3-2-4-7-16/h2-9,12-13H,10-11,14H2,1H3,(H,23,25). The summed E-state index contributed by atoms with van der Waals surface area (Å²) in [6, 6.07) is 18.9. The maximum Gasteiger partial charge on any atom is 0.254 e. The van der Waals surface area contributed by atoms with Gasteiger partial charge in [-0.1, -0.05) is 30.3 Å². The van der Waals surface area contributed by atoms with Crippen LogP contribution in [-0.2, 0) is 17.8 Å². The normalized spacial score (nSPS) is 13.1. The number of amides is 2. The number of anilines is 1. The maximum atomic E-state index is 12.7. The van der Waals surface area contributed by atoms with E-state index in [-0.39, 0.29) is 11.8 Å². The summed E-state index contributed by atoms with van der Waals surface area (Å²) in [5.74, 6) is 1.60. The first-order valence-electron chi connectivity index (χ1n) is 8.94. The Bertz CT molecular complexity index is 992. The molecule has 3 aromatic rings. The predicted octanol–water partition coefficient (Wildman–Crippen LogP) is 4.10. The molecule has 2 aromatic carbocycles. The van der Waals surface area contributed by atoms with Gasteiger partial charge in [0.25, 0.3) is 5.91 Å². The smallest absolute Gasteiger partial charge is 0.254 e. The van der Waals surface area contributed by atoms with Gasteiger partial charge in [0.1, 0.15) is 11.5 Å². The van der Waals surface area contributed by atoms with E-state index in [0.29, 0.717) is 25.1 Å². The zero-order valence-corrected chi connectivity index (χ0v) is 15.1. The molecular weight excluding hydrogens is 340 g/mol. The van der Waals surface area contributed by atoms with E-state index in [1.807, 2.05) is 65.6 Å². The number of fused-ring (bicyclic) bond motifs is 1. The van der Waals surface area contributed by atoms with Gasteiger partial charge in [0.15, 0.2) is 0 Å². The summed E-state index contributed by atoms with van der Waals surface area (Å²) in [6.45, 7) is 2.66. The molecule has 27 heavy (non-hydrogen) atoms. The predicted molar refractivity (Wildman–Crippen MR) is 103 cm³/mol. The van der Waals surface area contributed by atoms with Gasteiger partial charge in [0, 0.05) is 48.8 Å². The van der Waals surface area contributed by atoms with Crippen LogP contribution in [0, 0.1) is 0 Å². The average molecular weight is 360 g/mol. The maximum absolute atomic E-state index is 12.7. The highest BCUT2D eigenvalue weighted by atomic mass is 16.3. The van der Waals surface area contributed by atoms with E-state index in [2.05, 4.69) is 5.32 Å². The Morgan fingerprint density at radius 3 is 2.63 bits per heavy atom. The number of nitrogens with zero attached hydrogens (tertiary/aromatic N) is 1. The summed E-state index contributed by atoms with van der Waals surface area (Å²) in [4.78, 5) is 25.8. The van der Waals surface area contributed by atoms with Gasteiger partial charge in [-0.05, 0) is 30.3 Å². The van der Waals surface area contributed by atoms with Crippen molar-refractivity contribution in [3.63, 3.8) is 0 Å². The first-order chi connectivity index (χ1) is 13.1. The molecule has 1 aromatic heterocycles. The van der Waals surface area contributed by atoms with Crippen LogP contribution in [0.15, 0.2) is 65.1 Å². The van der Waals surface area contributed by atoms with Crippen molar-refractivity contribution >= 4 is 17.5 Å². The van der Waals surface area contributed by atoms with Crippen molar-refractivity contribution in [2.24, 2.45) is 0 Å². The van der Waals surface area contributed by atoms with Gasteiger partial charge in [-0.2, -0.15) is 0 Å². The third-order valence-corrected chi connectivity index (χ3v) is 4.64. The van der Waals surface area contributed by atoms with E-state index >= 15 is 0 Å². The Labute approximate surface area is 157 Å². The van der Waals surface area contributed by atoms with Gasteiger partial charge in [0.05, 0.1) is 0 Å². The third-order valence-electron chi connectivity index (χ3n) is 4.64. The van der Waals surface area contributed by atoms with E-state index in [9.17, 15) is 9.59 Å². The fourth-order valence-corrected chi connectivity index (χ4v) is 3.37. The van der Waals surface area contributed by atoms with Gasteiger partial charge in [0.2, 0.25) is 5.91 Å². The van der Waals surface area contributed by atoms with Crippen LogP contribution in [0.3, 0.4) is 0 Å². The summed E-state index contributed by atoms with van der Waals surface area (Å²) >= 11 is 0. The number of hydrogen-bond acceptors (Lipinski definition) is 3. The zero-order chi connectivity index (χ0) is 18.8. The highest BCUT2D eigenvalue weighted by molar-refractivity contribution is 5.94. The molecule has 0 saturated carbocycles. The van der Waals surface area contributed by atoms with E-state index in [4.69, 9.17) is 4.42 Å². The molecule has 0 unspecified atom stereocenters. The van der Waals surface area contributed by atoms with Crippen molar-refractivity contribution in [2.75, 3.05) is 11.9 Å². The molecule has 136 valence electrons. The van der Waals surface area contributed by atoms with Crippen LogP contribution >= 0.6 is 0 Å². The number of carbonyl (C=O) groups is 2. The number of rotatable bonds is 3. The lowest BCUT2D eigenvalue weighted by Gasteiger charge is -2.26. The molecule has 4 rings (SSSR count). The quantitative estimate of drug-likeness (QED) is 0.765. The van der Waals surface area contributed by atoms with E-state index in [1.54, 1.807) is 0 Å². The minimum Gasteiger partial charge on any atom is -0.461 e. The fourth-order valence-electron chi connectivity index (χ4n) is 3.37. The molecule has 0 bridgehead atoms. The van der Waals surface area contributed by atoms with Crippen molar-refractivity contribution in [1.29, 1.82) is 0 Å². The third kappa shape index (κ3) is 3.62. The Hall–Kier alpha value is -3.34. The number of carbonyl (C=O) groups excluding carboxylic acids is 2. The molecule has 1 aliphatic rings. The first kappa shape index (κ1) is 17.1. The highest BCUT2D eigenvalue weighted by Gasteiger charge is 2.25. The van der Waals surface area contributed by atoms with Gasteiger partial charge in [-0.15, -0.1) is 0 Å². The second-order valence-corrected chi connectivity index (χ2v) is 6.66. The highest BCUT2D eigenvalue weighted by Crippen LogP contribution is 2.31. The summed E-state index contributed by atoms with van der Waals surface area (Å²) in [7, 11) is 0. The first-order valence-corrected chi connectivity index (χ1v) is 8.94. The van der Waals surface area contributed by atoms with Crippen molar-refractivity contribution in [3.8, 4) is 11.3 Å². The molecule has 0 spiro atoms. The van der Waals surface area contributed by atoms with Crippen LogP contribution in [0.1, 0.15) is 28.6 Å². The number of hydrogen-bond donors (Lipinski definition) is 1. The second kappa shape index (κ2) is 7.11. The molecule has 0 fully saturated rings. The van der Waals surface area contributed by atoms with Crippen LogP contribution in [0.25, 0.3) is 11.3 Å². The fraction of sp³-hybridized carbons (Fsp3) is 0.182. The molecule has 0 radical (unpaired) electrons. The molecule has 0 aliphatic carbocycles. The van der Waals surface area contributed by atoms with Crippen molar-refractivity contribution in [1.82, 2.24) is 4.90 Å². The largest absolute Gasteiger partial charge is 0.461 e. The molecule has 0 saturated heterocycles. The van der Waals surface area contributed by atoms with Crippen LogP contribution in [0.2, 0.25) is 0 Å². The minimum absolute atomic E-state index is 0.0386. The molecular formula is C22H20N2O3. The molecule has 2 heterocycles. The van der Waals surface area contributed by atoms with Gasteiger partial charge >= 0.3 is 0 Å². The summed E-state index contributed by atoms with van der Waals surface area (Å²) in [5, 5.41) is 2.78. The Kier molecular flexibility index (Phi) is 4.50. The summed E-state index contributed by atoms with van der Waals surface area (Å²) in [5.41, 5.74) is 3.37. The number of furan rings is 1. The summed E-state index contributed by atoms with van der Waals surface area (Å²) < 4.78 is 6.04. The lowest BCUT2D eigenvalue weighted by molar-refractivity contribution is -0.114. The van der Waals surface area contributed by atoms with Gasteiger partial charge < -0.3 is 14.6 Å². The minimum atomic E-state index is -0.110. The topological polar surface area (TPSA) is 62.6 Å². The van der Waals surface area contributed by atoms with Crippen molar-refractivity contribution < 1.29 is 14.0 Å². The Balaban J connectivity index is 1.56. The summed E-state index contributed by atoms with van der Waals surface area (Å²) in [6.07, 6.45) is 0.694. The van der Waals surface area contributed by atoms with Gasteiger partial charge in [-0.25, -0.2) is 0 Å². The van der Waals surface area contributed by atoms with E-state index in [0.717, 1.165) is 28.3 Å². The molecule has 0 atom stereocenters. The van der Waals surface area contributed by atoms with Crippen LogP contribution in [-0.4, -0.2) is 23.3 Å². The number of nitrogens with one attached hydrogen (secondary N) is 1. The lowest BCUT2D eigenvalue weighted by Crippen LogP contribution is -2.35. The second-order valence-electron chi connectivity index (χ2n) is 6.66. The van der Waals surface area contributed by atoms with Crippen LogP contribution in [0.5, 0.6) is 0 Å². The van der Waals surface area contributed by atoms with Crippen LogP contribution < -0.4 is 5.32 Å². The van der Waals surface area contributed by atoms with E-state index in [1.165, 1.54) is 6.92 Å². The average Bonchev–Trinajstić information content (AvgIpc) is 3.11. The van der Waals surface area contributed by atoms with Crippen molar-refractivity contribution in [3.05, 3.63) is 77.6 Å². The van der Waals surface area contributed by atoms with E-state index < -0.39 is 0 Å². The SMILES string of the molecule is CC(=O)Nc1cccc(-c2cc3c(o2)CCN(C(=O)c2ccccc2)C3)c1. The molecule has 2 amide bonds. The lowest BCUT2D eigenvalue weighted by atomic mass is 10.1. The molecule has 1 aliphatic heterocycles.